The van der Waals surface area contributed by atoms with Crippen molar-refractivity contribution in [3.05, 3.63) is 65.7 Å². The first-order valence-corrected chi connectivity index (χ1v) is 6.90. The first-order chi connectivity index (χ1) is 10.6. The number of nitrogens with zero attached hydrogens (tertiary/aromatic N) is 2. The molecule has 0 unspecified atom stereocenters. The van der Waals surface area contributed by atoms with Gasteiger partial charge in [0, 0.05) is 0 Å². The molecular formula is C17H14N2O3. The molecule has 0 spiro atoms. The van der Waals surface area contributed by atoms with Crippen molar-refractivity contribution in [3.8, 4) is 0 Å². The predicted octanol–water partition coefficient (Wildman–Crippen LogP) is 2.45. The summed E-state index contributed by atoms with van der Waals surface area (Å²) in [7, 11) is 0. The molecule has 1 aliphatic rings. The van der Waals surface area contributed by atoms with Crippen molar-refractivity contribution in [2.45, 2.75) is 12.8 Å². The number of carbonyl (C=O) groups excluding carboxylic acids is 1. The lowest BCUT2D eigenvalue weighted by Crippen LogP contribution is -2.19. The summed E-state index contributed by atoms with van der Waals surface area (Å²) >= 11 is 0. The summed E-state index contributed by atoms with van der Waals surface area (Å²) in [5.41, 5.74) is 3.00. The summed E-state index contributed by atoms with van der Waals surface area (Å²) in [4.78, 5) is 22.8. The third kappa shape index (κ3) is 2.88. The molecule has 0 saturated heterocycles. The number of anilines is 1. The first-order valence-electron chi connectivity index (χ1n) is 6.90. The molecule has 0 aromatic heterocycles. The van der Waals surface area contributed by atoms with Crippen LogP contribution < -0.4 is 5.01 Å². The highest BCUT2D eigenvalue weighted by Gasteiger charge is 2.25. The van der Waals surface area contributed by atoms with Crippen molar-refractivity contribution in [2.24, 2.45) is 5.10 Å². The summed E-state index contributed by atoms with van der Waals surface area (Å²) in [5.74, 6) is -0.973. The van der Waals surface area contributed by atoms with Crippen LogP contribution in [-0.4, -0.2) is 22.7 Å². The molecular weight excluding hydrogens is 280 g/mol. The molecule has 1 heterocycles. The Hall–Kier alpha value is -2.95. The van der Waals surface area contributed by atoms with Crippen molar-refractivity contribution >= 4 is 23.3 Å². The van der Waals surface area contributed by atoms with Crippen LogP contribution in [0.25, 0.3) is 0 Å². The Bertz CT molecular complexity index is 736. The van der Waals surface area contributed by atoms with Gasteiger partial charge in [-0.15, -0.1) is 0 Å². The fourth-order valence-corrected chi connectivity index (χ4v) is 2.35. The minimum atomic E-state index is -0.880. The number of rotatable bonds is 4. The average Bonchev–Trinajstić information content (AvgIpc) is 2.90. The summed E-state index contributed by atoms with van der Waals surface area (Å²) in [6.45, 7) is 0. The van der Waals surface area contributed by atoms with Gasteiger partial charge in [-0.1, -0.05) is 42.5 Å². The number of carboxylic acids is 1. The monoisotopic (exact) mass is 294 g/mol. The Morgan fingerprint density at radius 2 is 1.77 bits per heavy atom. The van der Waals surface area contributed by atoms with Crippen LogP contribution >= 0.6 is 0 Å². The number of amides is 1. The predicted molar refractivity (Wildman–Crippen MR) is 82.9 cm³/mol. The van der Waals surface area contributed by atoms with E-state index in [0.29, 0.717) is 11.3 Å². The zero-order valence-electron chi connectivity index (χ0n) is 11.8. The van der Waals surface area contributed by atoms with Gasteiger partial charge in [0.1, 0.15) is 0 Å². The molecule has 1 aliphatic heterocycles. The molecule has 0 radical (unpaired) electrons. The number of hydrogen-bond acceptors (Lipinski definition) is 3. The molecule has 2 aromatic carbocycles. The van der Waals surface area contributed by atoms with Crippen LogP contribution in [0.4, 0.5) is 5.69 Å². The van der Waals surface area contributed by atoms with Gasteiger partial charge in [0.2, 0.25) is 0 Å². The Kier molecular flexibility index (Phi) is 3.70. The van der Waals surface area contributed by atoms with Gasteiger partial charge in [-0.2, -0.15) is 5.10 Å². The Labute approximate surface area is 127 Å². The van der Waals surface area contributed by atoms with Crippen molar-refractivity contribution in [1.82, 2.24) is 0 Å². The van der Waals surface area contributed by atoms with Crippen molar-refractivity contribution in [3.63, 3.8) is 0 Å². The van der Waals surface area contributed by atoms with Gasteiger partial charge in [-0.05, 0) is 23.3 Å². The second-order valence-electron chi connectivity index (χ2n) is 5.03. The van der Waals surface area contributed by atoms with Crippen LogP contribution in [0.15, 0.2) is 59.7 Å². The van der Waals surface area contributed by atoms with E-state index in [0.717, 1.165) is 11.3 Å². The van der Waals surface area contributed by atoms with E-state index in [2.05, 4.69) is 5.10 Å². The Morgan fingerprint density at radius 1 is 1.09 bits per heavy atom. The molecule has 1 N–H and O–H groups in total. The number of hydrogen-bond donors (Lipinski definition) is 1. The molecule has 22 heavy (non-hydrogen) atoms. The summed E-state index contributed by atoms with van der Waals surface area (Å²) in [6, 6.07) is 16.4. The lowest BCUT2D eigenvalue weighted by Gasteiger charge is -2.11. The van der Waals surface area contributed by atoms with Crippen LogP contribution in [0, 0.1) is 0 Å². The van der Waals surface area contributed by atoms with Gasteiger partial charge >= 0.3 is 5.97 Å². The smallest absolute Gasteiger partial charge is 0.307 e. The lowest BCUT2D eigenvalue weighted by atomic mass is 10.1. The normalized spacial score (nSPS) is 14.1. The maximum Gasteiger partial charge on any atom is 0.307 e. The Morgan fingerprint density at radius 3 is 2.41 bits per heavy atom. The van der Waals surface area contributed by atoms with Crippen LogP contribution in [0.3, 0.4) is 0 Å². The number of hydrazone groups is 1. The van der Waals surface area contributed by atoms with Crippen LogP contribution in [0.5, 0.6) is 0 Å². The number of carboxylic acid groups (broad SMARTS) is 1. The second-order valence-corrected chi connectivity index (χ2v) is 5.03. The highest BCUT2D eigenvalue weighted by Crippen LogP contribution is 2.23. The standard InChI is InChI=1S/C17H14N2O3/c20-16-11-15(13-4-2-1-3-5-13)18-19(16)14-8-6-12(7-9-14)10-17(21)22/h1-9H,10-11H2,(H,21,22). The third-order valence-electron chi connectivity index (χ3n) is 3.42. The van der Waals surface area contributed by atoms with Gasteiger partial charge in [0.25, 0.3) is 5.91 Å². The zero-order chi connectivity index (χ0) is 15.5. The Balaban J connectivity index is 1.84. The molecule has 3 rings (SSSR count). The molecule has 1 amide bonds. The number of aliphatic carboxylic acids is 1. The largest absolute Gasteiger partial charge is 0.481 e. The third-order valence-corrected chi connectivity index (χ3v) is 3.42. The van der Waals surface area contributed by atoms with E-state index in [-0.39, 0.29) is 18.7 Å². The summed E-state index contributed by atoms with van der Waals surface area (Å²) in [5, 5.41) is 14.5. The van der Waals surface area contributed by atoms with Crippen molar-refractivity contribution in [2.75, 3.05) is 5.01 Å². The maximum atomic E-state index is 12.1. The van der Waals surface area contributed by atoms with Crippen molar-refractivity contribution < 1.29 is 14.7 Å². The fraction of sp³-hybridized carbons (Fsp3) is 0.118. The number of carbonyl (C=O) groups is 2. The first kappa shape index (κ1) is 14.0. The van der Waals surface area contributed by atoms with Gasteiger partial charge in [0.15, 0.2) is 0 Å². The van der Waals surface area contributed by atoms with E-state index in [1.165, 1.54) is 5.01 Å². The van der Waals surface area contributed by atoms with E-state index in [1.54, 1.807) is 24.3 Å². The minimum absolute atomic E-state index is 0.0350. The average molecular weight is 294 g/mol. The maximum absolute atomic E-state index is 12.1. The highest BCUT2D eigenvalue weighted by molar-refractivity contribution is 6.19. The summed E-state index contributed by atoms with van der Waals surface area (Å²) in [6.07, 6.45) is 0.230. The van der Waals surface area contributed by atoms with Crippen molar-refractivity contribution in [1.29, 1.82) is 0 Å². The van der Waals surface area contributed by atoms with Crippen LogP contribution in [0.2, 0.25) is 0 Å². The molecule has 2 aromatic rings. The van der Waals surface area contributed by atoms with E-state index in [1.807, 2.05) is 30.3 Å². The second kappa shape index (κ2) is 5.81. The topological polar surface area (TPSA) is 70.0 Å². The molecule has 0 bridgehead atoms. The SMILES string of the molecule is O=C(O)Cc1ccc(N2N=C(c3ccccc3)CC2=O)cc1. The molecule has 5 heteroatoms. The zero-order valence-corrected chi connectivity index (χ0v) is 11.8. The molecule has 0 fully saturated rings. The quantitative estimate of drug-likeness (QED) is 0.941. The van der Waals surface area contributed by atoms with Gasteiger partial charge in [-0.3, -0.25) is 9.59 Å². The van der Waals surface area contributed by atoms with Gasteiger partial charge in [0.05, 0.1) is 24.2 Å². The van der Waals surface area contributed by atoms with E-state index in [4.69, 9.17) is 5.11 Å². The van der Waals surface area contributed by atoms with E-state index < -0.39 is 5.97 Å². The number of benzene rings is 2. The molecule has 5 nitrogen and oxygen atoms in total. The molecule has 0 aliphatic carbocycles. The minimum Gasteiger partial charge on any atom is -0.481 e. The molecule has 110 valence electrons. The van der Waals surface area contributed by atoms with Crippen LogP contribution in [0.1, 0.15) is 17.5 Å². The van der Waals surface area contributed by atoms with E-state index in [9.17, 15) is 9.59 Å². The van der Waals surface area contributed by atoms with Gasteiger partial charge < -0.3 is 5.11 Å². The summed E-state index contributed by atoms with van der Waals surface area (Å²) < 4.78 is 0. The highest BCUT2D eigenvalue weighted by atomic mass is 16.4. The lowest BCUT2D eigenvalue weighted by molar-refractivity contribution is -0.136. The molecule has 0 atom stereocenters. The van der Waals surface area contributed by atoms with E-state index >= 15 is 0 Å². The van der Waals surface area contributed by atoms with Gasteiger partial charge in [-0.25, -0.2) is 5.01 Å². The fourth-order valence-electron chi connectivity index (χ4n) is 2.35. The molecule has 0 saturated carbocycles. The van der Waals surface area contributed by atoms with Crippen LogP contribution in [-0.2, 0) is 16.0 Å².